The molecule has 3 atom stereocenters. The van der Waals surface area contributed by atoms with Crippen LogP contribution in [0.2, 0.25) is 0 Å². The third-order valence-corrected chi connectivity index (χ3v) is 4.77. The van der Waals surface area contributed by atoms with Crippen LogP contribution in [0, 0.1) is 17.8 Å². The van der Waals surface area contributed by atoms with Crippen LogP contribution in [-0.2, 0) is 6.42 Å². The first-order valence-corrected chi connectivity index (χ1v) is 7.60. The second-order valence-corrected chi connectivity index (χ2v) is 6.57. The maximum Gasteiger partial charge on any atom is 0.0279 e. The summed E-state index contributed by atoms with van der Waals surface area (Å²) in [6, 6.07) is 2.65. The van der Waals surface area contributed by atoms with Crippen LogP contribution < -0.4 is 11.3 Å². The molecule has 17 heavy (non-hydrogen) atoms. The Hall–Kier alpha value is -0.380. The highest BCUT2D eigenvalue weighted by Gasteiger charge is 2.29. The van der Waals surface area contributed by atoms with Gasteiger partial charge in [-0.05, 0) is 65.8 Å². The minimum absolute atomic E-state index is 0.440. The predicted molar refractivity (Wildman–Crippen MR) is 74.8 cm³/mol. The number of hydrazine groups is 1. The molecule has 96 valence electrons. The average molecular weight is 252 g/mol. The van der Waals surface area contributed by atoms with Crippen molar-refractivity contribution in [3.05, 3.63) is 22.4 Å². The van der Waals surface area contributed by atoms with Crippen LogP contribution in [0.25, 0.3) is 0 Å². The molecule has 3 N–H and O–H groups in total. The van der Waals surface area contributed by atoms with E-state index in [2.05, 4.69) is 36.1 Å². The highest BCUT2D eigenvalue weighted by molar-refractivity contribution is 7.07. The van der Waals surface area contributed by atoms with Gasteiger partial charge in [0.2, 0.25) is 0 Å². The van der Waals surface area contributed by atoms with E-state index in [1.807, 2.05) is 0 Å². The molecule has 3 unspecified atom stereocenters. The van der Waals surface area contributed by atoms with Gasteiger partial charge in [0.05, 0.1) is 0 Å². The molecule has 0 saturated heterocycles. The highest BCUT2D eigenvalue weighted by atomic mass is 32.1. The van der Waals surface area contributed by atoms with Crippen molar-refractivity contribution in [3.8, 4) is 0 Å². The molecule has 0 bridgehead atoms. The van der Waals surface area contributed by atoms with E-state index in [-0.39, 0.29) is 0 Å². The fourth-order valence-corrected chi connectivity index (χ4v) is 4.04. The molecular weight excluding hydrogens is 228 g/mol. The molecule has 1 fully saturated rings. The van der Waals surface area contributed by atoms with Gasteiger partial charge in [-0.15, -0.1) is 0 Å². The molecule has 1 saturated carbocycles. The van der Waals surface area contributed by atoms with Gasteiger partial charge in [0.1, 0.15) is 0 Å². The summed E-state index contributed by atoms with van der Waals surface area (Å²) in [5.41, 5.74) is 4.48. The molecule has 1 aliphatic carbocycles. The summed E-state index contributed by atoms with van der Waals surface area (Å²) in [5, 5.41) is 4.38. The Morgan fingerprint density at radius 1 is 1.35 bits per heavy atom. The summed E-state index contributed by atoms with van der Waals surface area (Å²) in [6.45, 7) is 4.75. The monoisotopic (exact) mass is 252 g/mol. The van der Waals surface area contributed by atoms with Gasteiger partial charge < -0.3 is 0 Å². The van der Waals surface area contributed by atoms with Gasteiger partial charge in [0.15, 0.2) is 0 Å². The van der Waals surface area contributed by atoms with Crippen molar-refractivity contribution in [3.63, 3.8) is 0 Å². The zero-order valence-electron chi connectivity index (χ0n) is 10.9. The lowest BCUT2D eigenvalue weighted by molar-refractivity contribution is 0.175. The summed E-state index contributed by atoms with van der Waals surface area (Å²) in [6.07, 6.45) is 5.10. The standard InChI is InChI=1S/C14H24N2S/c1-10-5-11(2)7-13(6-10)14(16-15)8-12-3-4-17-9-12/h3-4,9-11,13-14,16H,5-8,15H2,1-2H3. The first-order chi connectivity index (χ1) is 8.19. The SMILES string of the molecule is CC1CC(C)CC(C(Cc2ccsc2)NN)C1. The Morgan fingerprint density at radius 3 is 2.59 bits per heavy atom. The molecule has 1 aromatic heterocycles. The summed E-state index contributed by atoms with van der Waals surface area (Å²) in [4.78, 5) is 0. The average Bonchev–Trinajstić information content (AvgIpc) is 2.77. The van der Waals surface area contributed by atoms with Crippen LogP contribution in [0.5, 0.6) is 0 Å². The molecule has 2 nitrogen and oxygen atoms in total. The van der Waals surface area contributed by atoms with E-state index < -0.39 is 0 Å². The number of hydrogen-bond donors (Lipinski definition) is 2. The van der Waals surface area contributed by atoms with Gasteiger partial charge in [0, 0.05) is 6.04 Å². The first kappa shape index (κ1) is 13.1. The van der Waals surface area contributed by atoms with Gasteiger partial charge in [-0.3, -0.25) is 11.3 Å². The normalized spacial score (nSPS) is 31.4. The summed E-state index contributed by atoms with van der Waals surface area (Å²) in [7, 11) is 0. The quantitative estimate of drug-likeness (QED) is 0.638. The van der Waals surface area contributed by atoms with E-state index in [0.29, 0.717) is 6.04 Å². The maximum absolute atomic E-state index is 5.76. The van der Waals surface area contributed by atoms with Gasteiger partial charge in [0.25, 0.3) is 0 Å². The van der Waals surface area contributed by atoms with E-state index in [9.17, 15) is 0 Å². The van der Waals surface area contributed by atoms with Gasteiger partial charge in [-0.1, -0.05) is 13.8 Å². The lowest BCUT2D eigenvalue weighted by Gasteiger charge is -2.36. The van der Waals surface area contributed by atoms with Crippen LogP contribution in [0.1, 0.15) is 38.7 Å². The third kappa shape index (κ3) is 3.54. The van der Waals surface area contributed by atoms with E-state index >= 15 is 0 Å². The van der Waals surface area contributed by atoms with Crippen LogP contribution in [0.4, 0.5) is 0 Å². The van der Waals surface area contributed by atoms with Crippen molar-refractivity contribution in [2.24, 2.45) is 23.6 Å². The molecule has 0 radical (unpaired) electrons. The van der Waals surface area contributed by atoms with Crippen molar-refractivity contribution in [1.82, 2.24) is 5.43 Å². The van der Waals surface area contributed by atoms with Crippen LogP contribution in [0.15, 0.2) is 16.8 Å². The molecule has 2 rings (SSSR count). The second kappa shape index (κ2) is 5.98. The van der Waals surface area contributed by atoms with Crippen LogP contribution >= 0.6 is 11.3 Å². The molecule has 1 aromatic rings. The number of nitrogens with one attached hydrogen (secondary N) is 1. The lowest BCUT2D eigenvalue weighted by Crippen LogP contribution is -2.44. The topological polar surface area (TPSA) is 38.0 Å². The lowest BCUT2D eigenvalue weighted by atomic mass is 9.73. The third-order valence-electron chi connectivity index (χ3n) is 4.03. The fourth-order valence-electron chi connectivity index (χ4n) is 3.36. The Balaban J connectivity index is 1.97. The number of rotatable bonds is 4. The first-order valence-electron chi connectivity index (χ1n) is 6.66. The van der Waals surface area contributed by atoms with E-state index in [1.54, 1.807) is 11.3 Å². The fraction of sp³-hybridized carbons (Fsp3) is 0.714. The smallest absolute Gasteiger partial charge is 0.0279 e. The van der Waals surface area contributed by atoms with E-state index in [1.165, 1.54) is 24.8 Å². The molecular formula is C14H24N2S. The largest absolute Gasteiger partial charge is 0.271 e. The zero-order valence-corrected chi connectivity index (χ0v) is 11.7. The molecule has 1 aliphatic rings. The van der Waals surface area contributed by atoms with Crippen molar-refractivity contribution in [2.45, 2.75) is 45.6 Å². The minimum Gasteiger partial charge on any atom is -0.271 e. The Labute approximate surface area is 109 Å². The van der Waals surface area contributed by atoms with Crippen molar-refractivity contribution in [2.75, 3.05) is 0 Å². The molecule has 0 aromatic carbocycles. The number of hydrogen-bond acceptors (Lipinski definition) is 3. The molecule has 0 amide bonds. The Bertz CT molecular complexity index is 313. The van der Waals surface area contributed by atoms with E-state index in [0.717, 1.165) is 24.2 Å². The van der Waals surface area contributed by atoms with Crippen LogP contribution in [-0.4, -0.2) is 6.04 Å². The summed E-state index contributed by atoms with van der Waals surface area (Å²) >= 11 is 1.77. The molecule has 3 heteroatoms. The minimum atomic E-state index is 0.440. The number of thiophene rings is 1. The van der Waals surface area contributed by atoms with Crippen LogP contribution in [0.3, 0.4) is 0 Å². The predicted octanol–water partition coefficient (Wildman–Crippen LogP) is 3.19. The zero-order chi connectivity index (χ0) is 12.3. The number of nitrogens with two attached hydrogens (primary N) is 1. The summed E-state index contributed by atoms with van der Waals surface area (Å²) in [5.74, 6) is 8.20. The molecule has 0 spiro atoms. The highest BCUT2D eigenvalue weighted by Crippen LogP contribution is 2.35. The second-order valence-electron chi connectivity index (χ2n) is 5.79. The van der Waals surface area contributed by atoms with Gasteiger partial charge >= 0.3 is 0 Å². The van der Waals surface area contributed by atoms with Gasteiger partial charge in [-0.25, -0.2) is 0 Å². The van der Waals surface area contributed by atoms with Crippen molar-refractivity contribution >= 4 is 11.3 Å². The maximum atomic E-state index is 5.76. The van der Waals surface area contributed by atoms with Crippen molar-refractivity contribution < 1.29 is 0 Å². The Morgan fingerprint density at radius 2 is 2.06 bits per heavy atom. The Kier molecular flexibility index (Phi) is 4.60. The summed E-state index contributed by atoms with van der Waals surface area (Å²) < 4.78 is 0. The molecule has 0 aliphatic heterocycles. The van der Waals surface area contributed by atoms with Gasteiger partial charge in [-0.2, -0.15) is 11.3 Å². The van der Waals surface area contributed by atoms with E-state index in [4.69, 9.17) is 5.84 Å². The van der Waals surface area contributed by atoms with Crippen molar-refractivity contribution in [1.29, 1.82) is 0 Å². The molecule has 1 heterocycles.